The fraction of sp³-hybridized carbons (Fsp3) is 0. The first-order valence-electron chi connectivity index (χ1n) is 10.4. The average Bonchev–Trinajstić information content (AvgIpc) is 3.57. The van der Waals surface area contributed by atoms with Crippen LogP contribution < -0.4 is 0 Å². The van der Waals surface area contributed by atoms with Crippen molar-refractivity contribution in [3.63, 3.8) is 0 Å². The smallest absolute Gasteiger partial charge is 0.270 e. The van der Waals surface area contributed by atoms with Crippen LogP contribution in [0, 0.1) is 20.2 Å². The molecule has 0 saturated carbocycles. The highest BCUT2D eigenvalue weighted by Gasteiger charge is 2.25. The van der Waals surface area contributed by atoms with Crippen LogP contribution in [0.1, 0.15) is 16.7 Å². The number of nitrogens with zero attached hydrogens (tertiary/aromatic N) is 3. The van der Waals surface area contributed by atoms with Gasteiger partial charge in [0.1, 0.15) is 0 Å². The first-order chi connectivity index (χ1) is 16.5. The Balaban J connectivity index is 1.71. The lowest BCUT2D eigenvalue weighted by Crippen LogP contribution is -1.95. The highest BCUT2D eigenvalue weighted by Crippen LogP contribution is 2.44. The van der Waals surface area contributed by atoms with E-state index >= 15 is 0 Å². The van der Waals surface area contributed by atoms with Gasteiger partial charge in [0.25, 0.3) is 11.4 Å². The van der Waals surface area contributed by atoms with E-state index in [-0.39, 0.29) is 11.4 Å². The second-order valence-electron chi connectivity index (χ2n) is 7.94. The van der Waals surface area contributed by atoms with Crippen LogP contribution in [-0.2, 0) is 0 Å². The molecule has 9 heteroatoms. The summed E-state index contributed by atoms with van der Waals surface area (Å²) in [4.78, 5) is 33.0. The number of hydrogen-bond acceptors (Lipinski definition) is 5. The Bertz CT molecular complexity index is 1720. The van der Waals surface area contributed by atoms with Crippen LogP contribution in [0.15, 0.2) is 78.0 Å². The SMILES string of the molecule is O=[N+]([O-])c1ccc2c(c1)/C(=C(\c1c[nH]c3ccccc13)c1c[nH]c3ccc([N+](=O)[O-])cc13)C=N2. The maximum atomic E-state index is 11.5. The fourth-order valence-corrected chi connectivity index (χ4v) is 4.51. The Morgan fingerprint density at radius 2 is 1.41 bits per heavy atom. The molecule has 2 N–H and O–H groups in total. The number of para-hydroxylation sites is 1. The number of benzene rings is 3. The Labute approximate surface area is 191 Å². The Morgan fingerprint density at radius 1 is 0.765 bits per heavy atom. The Kier molecular flexibility index (Phi) is 4.18. The predicted octanol–water partition coefficient (Wildman–Crippen LogP) is 6.14. The maximum Gasteiger partial charge on any atom is 0.270 e. The molecule has 9 nitrogen and oxygen atoms in total. The number of non-ortho nitro benzene ring substituents is 2. The maximum absolute atomic E-state index is 11.5. The molecule has 0 bridgehead atoms. The molecule has 0 unspecified atom stereocenters. The van der Waals surface area contributed by atoms with Gasteiger partial charge in [-0.25, -0.2) is 0 Å². The molecule has 34 heavy (non-hydrogen) atoms. The highest BCUT2D eigenvalue weighted by molar-refractivity contribution is 6.29. The Morgan fingerprint density at radius 3 is 2.18 bits per heavy atom. The molecule has 0 spiro atoms. The number of aliphatic imine (C=N–C) groups is 1. The normalized spacial score (nSPS) is 14.0. The van der Waals surface area contributed by atoms with Gasteiger partial charge in [-0.1, -0.05) is 18.2 Å². The summed E-state index contributed by atoms with van der Waals surface area (Å²) >= 11 is 0. The predicted molar refractivity (Wildman–Crippen MR) is 130 cm³/mol. The second-order valence-corrected chi connectivity index (χ2v) is 7.94. The summed E-state index contributed by atoms with van der Waals surface area (Å²) in [6.07, 6.45) is 5.38. The van der Waals surface area contributed by atoms with Gasteiger partial charge < -0.3 is 9.97 Å². The lowest BCUT2D eigenvalue weighted by molar-refractivity contribution is -0.385. The summed E-state index contributed by atoms with van der Waals surface area (Å²) in [6, 6.07) is 17.1. The van der Waals surface area contributed by atoms with Crippen LogP contribution in [0.2, 0.25) is 0 Å². The minimum Gasteiger partial charge on any atom is -0.361 e. The zero-order valence-corrected chi connectivity index (χ0v) is 17.5. The fourth-order valence-electron chi connectivity index (χ4n) is 4.51. The highest BCUT2D eigenvalue weighted by atomic mass is 16.6. The summed E-state index contributed by atoms with van der Waals surface area (Å²) in [7, 11) is 0. The van der Waals surface area contributed by atoms with Gasteiger partial charge in [0.05, 0.1) is 15.5 Å². The molecule has 6 rings (SSSR count). The lowest BCUT2D eigenvalue weighted by Gasteiger charge is -2.11. The van der Waals surface area contributed by atoms with E-state index in [9.17, 15) is 20.2 Å². The van der Waals surface area contributed by atoms with Gasteiger partial charge in [0.15, 0.2) is 0 Å². The van der Waals surface area contributed by atoms with E-state index in [1.807, 2.05) is 36.7 Å². The van der Waals surface area contributed by atoms with E-state index in [0.29, 0.717) is 22.2 Å². The van der Waals surface area contributed by atoms with E-state index in [2.05, 4.69) is 15.0 Å². The molecule has 0 aliphatic carbocycles. The van der Waals surface area contributed by atoms with E-state index < -0.39 is 9.85 Å². The summed E-state index contributed by atoms with van der Waals surface area (Å²) in [6.45, 7) is 0. The molecule has 2 aromatic heterocycles. The van der Waals surface area contributed by atoms with Crippen molar-refractivity contribution in [3.8, 4) is 0 Å². The number of allylic oxidation sites excluding steroid dienone is 1. The first kappa shape index (κ1) is 19.6. The van der Waals surface area contributed by atoms with Crippen molar-refractivity contribution in [1.82, 2.24) is 9.97 Å². The van der Waals surface area contributed by atoms with Crippen molar-refractivity contribution < 1.29 is 9.85 Å². The van der Waals surface area contributed by atoms with Gasteiger partial charge in [-0.05, 0) is 18.2 Å². The summed E-state index contributed by atoms with van der Waals surface area (Å²) in [5.74, 6) is 0. The van der Waals surface area contributed by atoms with Crippen molar-refractivity contribution in [2.45, 2.75) is 0 Å². The van der Waals surface area contributed by atoms with Crippen LogP contribution in [0.3, 0.4) is 0 Å². The summed E-state index contributed by atoms with van der Waals surface area (Å²) in [5.41, 5.74) is 5.96. The molecule has 0 radical (unpaired) electrons. The van der Waals surface area contributed by atoms with Gasteiger partial charge in [0, 0.05) is 92.5 Å². The van der Waals surface area contributed by atoms with Crippen molar-refractivity contribution in [1.29, 1.82) is 0 Å². The average molecular weight is 449 g/mol. The molecule has 0 amide bonds. The third-order valence-electron chi connectivity index (χ3n) is 6.09. The number of aromatic nitrogens is 2. The molecule has 0 saturated heterocycles. The molecule has 1 aliphatic rings. The van der Waals surface area contributed by atoms with Crippen molar-refractivity contribution in [3.05, 3.63) is 110 Å². The van der Waals surface area contributed by atoms with Gasteiger partial charge in [-0.3, -0.25) is 25.2 Å². The van der Waals surface area contributed by atoms with Gasteiger partial charge in [0.2, 0.25) is 0 Å². The Hall–Kier alpha value is -5.05. The van der Waals surface area contributed by atoms with Crippen LogP contribution in [0.25, 0.3) is 33.0 Å². The number of rotatable bonds is 4. The number of nitrogens with one attached hydrogen (secondary N) is 2. The topological polar surface area (TPSA) is 130 Å². The first-order valence-corrected chi connectivity index (χ1v) is 10.4. The molecule has 0 atom stereocenters. The molecule has 164 valence electrons. The number of aromatic amines is 2. The van der Waals surface area contributed by atoms with E-state index in [1.54, 1.807) is 18.3 Å². The zero-order valence-electron chi connectivity index (χ0n) is 17.5. The molecule has 0 fully saturated rings. The van der Waals surface area contributed by atoms with Crippen molar-refractivity contribution in [2.75, 3.05) is 0 Å². The minimum atomic E-state index is -0.434. The standard InChI is InChI=1S/C25H15N5O4/c31-29(32)14-5-7-23-17(9-14)20(12-27-23)25(19-11-26-22-4-2-1-3-16(19)22)21-13-28-24-8-6-15(30(33)34)10-18(21)24/h1-13,26-27H/b25-21+. The third-order valence-corrected chi connectivity index (χ3v) is 6.09. The second kappa shape index (κ2) is 7.24. The minimum absolute atomic E-state index is 0.0206. The van der Waals surface area contributed by atoms with E-state index in [4.69, 9.17) is 0 Å². The van der Waals surface area contributed by atoms with Gasteiger partial charge in [-0.2, -0.15) is 0 Å². The van der Waals surface area contributed by atoms with Crippen LogP contribution in [0.5, 0.6) is 0 Å². The molecule has 3 heterocycles. The van der Waals surface area contributed by atoms with Gasteiger partial charge in [-0.15, -0.1) is 0 Å². The molecule has 5 aromatic rings. The van der Waals surface area contributed by atoms with Crippen LogP contribution in [-0.4, -0.2) is 26.0 Å². The largest absolute Gasteiger partial charge is 0.361 e. The van der Waals surface area contributed by atoms with E-state index in [0.717, 1.165) is 33.1 Å². The summed E-state index contributed by atoms with van der Waals surface area (Å²) in [5, 5.41) is 24.6. The number of fused-ring (bicyclic) bond motifs is 3. The monoisotopic (exact) mass is 449 g/mol. The third kappa shape index (κ3) is 2.91. The lowest BCUT2D eigenvalue weighted by atomic mass is 9.89. The number of nitro benzene ring substituents is 2. The molecular weight excluding hydrogens is 434 g/mol. The number of nitro groups is 2. The number of H-pyrrole nitrogens is 2. The number of hydrogen-bond donors (Lipinski definition) is 2. The molecule has 3 aromatic carbocycles. The van der Waals surface area contributed by atoms with Crippen LogP contribution in [0.4, 0.5) is 17.1 Å². The van der Waals surface area contributed by atoms with Crippen molar-refractivity contribution >= 4 is 56.2 Å². The zero-order chi connectivity index (χ0) is 23.4. The molecule has 1 aliphatic heterocycles. The summed E-state index contributed by atoms with van der Waals surface area (Å²) < 4.78 is 0. The van der Waals surface area contributed by atoms with Crippen molar-refractivity contribution in [2.24, 2.45) is 4.99 Å². The van der Waals surface area contributed by atoms with Crippen LogP contribution >= 0.6 is 0 Å². The van der Waals surface area contributed by atoms with E-state index in [1.165, 1.54) is 24.3 Å². The molecular formula is C25H15N5O4. The van der Waals surface area contributed by atoms with Gasteiger partial charge >= 0.3 is 0 Å². The quantitative estimate of drug-likeness (QED) is 0.252.